The van der Waals surface area contributed by atoms with E-state index in [1.165, 1.54) is 17.7 Å². The van der Waals surface area contributed by atoms with Gasteiger partial charge < -0.3 is 14.5 Å². The summed E-state index contributed by atoms with van der Waals surface area (Å²) in [7, 11) is 0. The lowest BCUT2D eigenvalue weighted by Crippen LogP contribution is -2.49. The minimum absolute atomic E-state index is 0.00273. The number of nitro benzene ring substituents is 1. The molecule has 2 aromatic carbocycles. The number of piperazine rings is 1. The highest BCUT2D eigenvalue weighted by molar-refractivity contribution is 5.99. The molecule has 0 saturated carbocycles. The summed E-state index contributed by atoms with van der Waals surface area (Å²) in [6.45, 7) is 6.15. The van der Waals surface area contributed by atoms with Crippen LogP contribution < -0.4 is 4.90 Å². The molecule has 8 nitrogen and oxygen atoms in total. The Balaban J connectivity index is 1.77. The maximum absolute atomic E-state index is 13.0. The first-order valence-corrected chi connectivity index (χ1v) is 9.47. The average molecular weight is 397 g/mol. The molecule has 29 heavy (non-hydrogen) atoms. The van der Waals surface area contributed by atoms with Crippen LogP contribution in [-0.2, 0) is 4.74 Å². The van der Waals surface area contributed by atoms with Crippen molar-refractivity contribution >= 4 is 23.3 Å². The van der Waals surface area contributed by atoms with Crippen LogP contribution in [0.15, 0.2) is 42.5 Å². The van der Waals surface area contributed by atoms with E-state index in [1.807, 2.05) is 25.1 Å². The third-order valence-corrected chi connectivity index (χ3v) is 4.91. The third-order valence-electron chi connectivity index (χ3n) is 4.91. The van der Waals surface area contributed by atoms with Crippen LogP contribution in [0.1, 0.15) is 33.2 Å². The van der Waals surface area contributed by atoms with Gasteiger partial charge in [-0.15, -0.1) is 0 Å². The summed E-state index contributed by atoms with van der Waals surface area (Å²) in [6, 6.07) is 11.8. The molecule has 1 heterocycles. The third kappa shape index (κ3) is 4.53. The maximum atomic E-state index is 13.0. The monoisotopic (exact) mass is 397 g/mol. The van der Waals surface area contributed by atoms with E-state index in [0.717, 1.165) is 11.8 Å². The molecule has 1 aliphatic rings. The van der Waals surface area contributed by atoms with Crippen LogP contribution in [0, 0.1) is 17.0 Å². The number of rotatable bonds is 5. The molecule has 0 N–H and O–H groups in total. The van der Waals surface area contributed by atoms with Gasteiger partial charge >= 0.3 is 5.97 Å². The van der Waals surface area contributed by atoms with Gasteiger partial charge in [0.15, 0.2) is 0 Å². The number of ether oxygens (including phenoxy) is 1. The van der Waals surface area contributed by atoms with Gasteiger partial charge in [-0.05, 0) is 31.5 Å². The van der Waals surface area contributed by atoms with E-state index in [0.29, 0.717) is 26.2 Å². The van der Waals surface area contributed by atoms with Crippen LogP contribution in [0.3, 0.4) is 0 Å². The number of amides is 1. The van der Waals surface area contributed by atoms with Crippen molar-refractivity contribution in [1.82, 2.24) is 4.90 Å². The normalized spacial score (nSPS) is 13.9. The van der Waals surface area contributed by atoms with E-state index in [2.05, 4.69) is 11.0 Å². The van der Waals surface area contributed by atoms with Crippen molar-refractivity contribution in [1.29, 1.82) is 0 Å². The molecular weight excluding hydrogens is 374 g/mol. The number of hydrogen-bond acceptors (Lipinski definition) is 6. The SMILES string of the molecule is CCOC(=O)c1cc(C(=O)N2CCN(c3ccccc3C)CC2)cc([N+](=O)[O-])c1. The standard InChI is InChI=1S/C21H23N3O5/c1-3-29-21(26)17-12-16(13-18(14-17)24(27)28)20(25)23-10-8-22(9-11-23)19-7-5-4-6-15(19)2/h4-7,12-14H,3,8-11H2,1-2H3. The Morgan fingerprint density at radius 3 is 2.34 bits per heavy atom. The Kier molecular flexibility index (Phi) is 6.11. The summed E-state index contributed by atoms with van der Waals surface area (Å²) in [5.74, 6) is -1.02. The van der Waals surface area contributed by atoms with E-state index >= 15 is 0 Å². The summed E-state index contributed by atoms with van der Waals surface area (Å²) in [5.41, 5.74) is 2.12. The van der Waals surface area contributed by atoms with Crippen LogP contribution in [-0.4, -0.2) is 54.5 Å². The van der Waals surface area contributed by atoms with Gasteiger partial charge in [0.1, 0.15) is 0 Å². The van der Waals surface area contributed by atoms with Crippen molar-refractivity contribution in [2.24, 2.45) is 0 Å². The number of carbonyl (C=O) groups excluding carboxylic acids is 2. The maximum Gasteiger partial charge on any atom is 0.338 e. The Labute approximate surface area is 168 Å². The number of non-ortho nitro benzene ring substituents is 1. The summed E-state index contributed by atoms with van der Waals surface area (Å²) in [5, 5.41) is 11.2. The molecule has 2 aromatic rings. The number of carbonyl (C=O) groups is 2. The predicted octanol–water partition coefficient (Wildman–Crippen LogP) is 3.04. The molecule has 3 rings (SSSR count). The van der Waals surface area contributed by atoms with Crippen molar-refractivity contribution in [3.8, 4) is 0 Å². The van der Waals surface area contributed by atoms with Gasteiger partial charge in [-0.2, -0.15) is 0 Å². The largest absolute Gasteiger partial charge is 0.462 e. The number of para-hydroxylation sites is 1. The minimum atomic E-state index is -0.686. The summed E-state index contributed by atoms with van der Waals surface area (Å²) in [4.78, 5) is 39.5. The lowest BCUT2D eigenvalue weighted by atomic mass is 10.1. The fraction of sp³-hybridized carbons (Fsp3) is 0.333. The zero-order chi connectivity index (χ0) is 21.0. The van der Waals surface area contributed by atoms with Gasteiger partial charge in [0.05, 0.1) is 17.1 Å². The Hall–Kier alpha value is -3.42. The number of esters is 1. The zero-order valence-corrected chi connectivity index (χ0v) is 16.5. The number of nitrogens with zero attached hydrogens (tertiary/aromatic N) is 3. The summed E-state index contributed by atoms with van der Waals surface area (Å²) >= 11 is 0. The Bertz CT molecular complexity index is 936. The Morgan fingerprint density at radius 1 is 1.07 bits per heavy atom. The molecule has 0 aromatic heterocycles. The summed E-state index contributed by atoms with van der Waals surface area (Å²) < 4.78 is 4.92. The molecular formula is C21H23N3O5. The first-order chi connectivity index (χ1) is 13.9. The Morgan fingerprint density at radius 2 is 1.72 bits per heavy atom. The number of hydrogen-bond donors (Lipinski definition) is 0. The number of aryl methyl sites for hydroxylation is 1. The topological polar surface area (TPSA) is 93.0 Å². The predicted molar refractivity (Wildman–Crippen MR) is 108 cm³/mol. The van der Waals surface area contributed by atoms with Gasteiger partial charge in [0.25, 0.3) is 11.6 Å². The van der Waals surface area contributed by atoms with Crippen molar-refractivity contribution < 1.29 is 19.2 Å². The van der Waals surface area contributed by atoms with E-state index in [9.17, 15) is 19.7 Å². The van der Waals surface area contributed by atoms with E-state index in [1.54, 1.807) is 11.8 Å². The average Bonchev–Trinajstić information content (AvgIpc) is 2.73. The van der Waals surface area contributed by atoms with Gasteiger partial charge in [-0.1, -0.05) is 18.2 Å². The first kappa shape index (κ1) is 20.3. The second-order valence-corrected chi connectivity index (χ2v) is 6.81. The molecule has 1 fully saturated rings. The minimum Gasteiger partial charge on any atom is -0.462 e. The van der Waals surface area contributed by atoms with Crippen molar-refractivity contribution in [3.63, 3.8) is 0 Å². The van der Waals surface area contributed by atoms with Crippen molar-refractivity contribution in [2.45, 2.75) is 13.8 Å². The number of benzene rings is 2. The van der Waals surface area contributed by atoms with Crippen LogP contribution in [0.25, 0.3) is 0 Å². The van der Waals surface area contributed by atoms with Crippen LogP contribution in [0.5, 0.6) is 0 Å². The molecule has 0 atom stereocenters. The molecule has 0 bridgehead atoms. The first-order valence-electron chi connectivity index (χ1n) is 9.47. The van der Waals surface area contributed by atoms with E-state index in [-0.39, 0.29) is 29.3 Å². The van der Waals surface area contributed by atoms with Gasteiger partial charge in [0.2, 0.25) is 0 Å². The number of nitro groups is 1. The van der Waals surface area contributed by atoms with Crippen molar-refractivity contribution in [3.05, 3.63) is 69.3 Å². The highest BCUT2D eigenvalue weighted by atomic mass is 16.6. The second-order valence-electron chi connectivity index (χ2n) is 6.81. The molecule has 8 heteroatoms. The van der Waals surface area contributed by atoms with Crippen LogP contribution in [0.2, 0.25) is 0 Å². The second kappa shape index (κ2) is 8.72. The van der Waals surface area contributed by atoms with Gasteiger partial charge in [-0.25, -0.2) is 4.79 Å². The van der Waals surface area contributed by atoms with E-state index in [4.69, 9.17) is 4.74 Å². The molecule has 0 unspecified atom stereocenters. The quantitative estimate of drug-likeness (QED) is 0.437. The fourth-order valence-electron chi connectivity index (χ4n) is 3.42. The highest BCUT2D eigenvalue weighted by Gasteiger charge is 2.25. The fourth-order valence-corrected chi connectivity index (χ4v) is 3.42. The van der Waals surface area contributed by atoms with Crippen molar-refractivity contribution in [2.75, 3.05) is 37.7 Å². The van der Waals surface area contributed by atoms with Gasteiger partial charge in [-0.3, -0.25) is 14.9 Å². The highest BCUT2D eigenvalue weighted by Crippen LogP contribution is 2.23. The van der Waals surface area contributed by atoms with Crippen LogP contribution in [0.4, 0.5) is 11.4 Å². The smallest absolute Gasteiger partial charge is 0.338 e. The van der Waals surface area contributed by atoms with E-state index < -0.39 is 10.9 Å². The molecule has 1 amide bonds. The lowest BCUT2D eigenvalue weighted by Gasteiger charge is -2.36. The molecule has 152 valence electrons. The molecule has 0 spiro atoms. The van der Waals surface area contributed by atoms with Gasteiger partial charge in [0, 0.05) is 49.6 Å². The summed E-state index contributed by atoms with van der Waals surface area (Å²) in [6.07, 6.45) is 0. The lowest BCUT2D eigenvalue weighted by molar-refractivity contribution is -0.384. The number of anilines is 1. The molecule has 1 saturated heterocycles. The van der Waals surface area contributed by atoms with Crippen LogP contribution >= 0.6 is 0 Å². The molecule has 1 aliphatic heterocycles. The molecule has 0 radical (unpaired) electrons. The zero-order valence-electron chi connectivity index (χ0n) is 16.5. The molecule has 0 aliphatic carbocycles.